The zero-order chi connectivity index (χ0) is 23.0. The van der Waals surface area contributed by atoms with Crippen molar-refractivity contribution in [2.24, 2.45) is 0 Å². The van der Waals surface area contributed by atoms with E-state index in [9.17, 15) is 14.0 Å². The second-order valence-corrected chi connectivity index (χ2v) is 8.69. The van der Waals surface area contributed by atoms with E-state index in [4.69, 9.17) is 21.6 Å². The molecule has 3 heterocycles. The number of methoxy groups -OCH3 is 1. The third kappa shape index (κ3) is 3.78. The van der Waals surface area contributed by atoms with Gasteiger partial charge >= 0.3 is 6.03 Å². The van der Waals surface area contributed by atoms with E-state index >= 15 is 0 Å². The number of aromatic nitrogens is 2. The summed E-state index contributed by atoms with van der Waals surface area (Å²) in [4.78, 5) is 38.0. The van der Waals surface area contributed by atoms with Crippen LogP contribution in [0.2, 0.25) is 5.02 Å². The number of hydrogen-bond acceptors (Lipinski definition) is 7. The average molecular weight is 474 g/mol. The molecule has 4 rings (SSSR count). The summed E-state index contributed by atoms with van der Waals surface area (Å²) in [6.45, 7) is 1.84. The van der Waals surface area contributed by atoms with Crippen LogP contribution in [0, 0.1) is 24.1 Å². The van der Waals surface area contributed by atoms with Gasteiger partial charge in [-0.25, -0.2) is 19.1 Å². The molecule has 2 atom stereocenters. The maximum Gasteiger partial charge on any atom is 0.333 e. The quantitative estimate of drug-likeness (QED) is 0.651. The first-order chi connectivity index (χ1) is 15.3. The summed E-state index contributed by atoms with van der Waals surface area (Å²) >= 11 is 7.50. The highest BCUT2D eigenvalue weighted by molar-refractivity contribution is 8.09. The number of nitrogens with zero attached hydrogens (tertiary/aromatic N) is 5. The van der Waals surface area contributed by atoms with Gasteiger partial charge in [-0.2, -0.15) is 5.26 Å². The lowest BCUT2D eigenvalue weighted by Crippen LogP contribution is -2.62. The number of hydrogen-bond donors (Lipinski definition) is 0. The number of amides is 3. The second kappa shape index (κ2) is 8.76. The van der Waals surface area contributed by atoms with Crippen molar-refractivity contribution in [3.8, 4) is 11.8 Å². The second-order valence-electron chi connectivity index (χ2n) is 7.10. The number of carbonyl (C=O) groups excluding carboxylic acids is 2. The predicted octanol–water partition coefficient (Wildman–Crippen LogP) is 3.79. The number of imide groups is 1. The number of fused-ring (bicyclic) bond motifs is 1. The van der Waals surface area contributed by atoms with E-state index in [1.165, 1.54) is 42.2 Å². The highest BCUT2D eigenvalue weighted by atomic mass is 35.5. The molecule has 2 unspecified atom stereocenters. The molecule has 11 heteroatoms. The highest BCUT2D eigenvalue weighted by Gasteiger charge is 2.50. The van der Waals surface area contributed by atoms with Crippen molar-refractivity contribution < 1.29 is 18.7 Å². The Hall–Kier alpha value is -3.16. The van der Waals surface area contributed by atoms with E-state index < -0.39 is 29.0 Å². The van der Waals surface area contributed by atoms with Gasteiger partial charge in [0.2, 0.25) is 0 Å². The molecular formula is C21H17ClFN5O3S. The molecule has 2 aliphatic rings. The Morgan fingerprint density at radius 2 is 2.12 bits per heavy atom. The third-order valence-electron chi connectivity index (χ3n) is 5.09. The number of rotatable bonds is 5. The summed E-state index contributed by atoms with van der Waals surface area (Å²) in [5.41, 5.74) is 1.04. The molecule has 8 nitrogen and oxygen atoms in total. The fraction of sp³-hybridized carbons (Fsp3) is 0.286. The van der Waals surface area contributed by atoms with Gasteiger partial charge in [-0.1, -0.05) is 11.6 Å². The van der Waals surface area contributed by atoms with Gasteiger partial charge in [-0.3, -0.25) is 9.78 Å². The van der Waals surface area contributed by atoms with Crippen molar-refractivity contribution in [1.82, 2.24) is 14.9 Å². The van der Waals surface area contributed by atoms with Gasteiger partial charge in [0.15, 0.2) is 17.4 Å². The molecule has 1 fully saturated rings. The zero-order valence-corrected chi connectivity index (χ0v) is 18.7. The van der Waals surface area contributed by atoms with E-state index in [2.05, 4.69) is 9.97 Å². The number of urea groups is 1. The van der Waals surface area contributed by atoms with Crippen molar-refractivity contribution in [2.75, 3.05) is 18.6 Å². The van der Waals surface area contributed by atoms with Crippen LogP contribution in [0.25, 0.3) is 4.91 Å². The van der Waals surface area contributed by atoms with Crippen LogP contribution in [-0.2, 0) is 4.79 Å². The molecule has 1 saturated heterocycles. The number of carbonyl (C=O) groups is 2. The minimum absolute atomic E-state index is 0.0150. The molecule has 0 aliphatic carbocycles. The number of ether oxygens (including phenoxy) is 1. The topological polar surface area (TPSA) is 99.4 Å². The summed E-state index contributed by atoms with van der Waals surface area (Å²) < 4.78 is 19.1. The molecule has 1 aromatic heterocycles. The summed E-state index contributed by atoms with van der Waals surface area (Å²) in [5.74, 6) is -0.917. The number of thioether (sulfide) groups is 1. The van der Waals surface area contributed by atoms with E-state index in [0.717, 1.165) is 11.0 Å². The summed E-state index contributed by atoms with van der Waals surface area (Å²) in [7, 11) is 1.35. The normalized spacial score (nSPS) is 20.2. The molecule has 32 heavy (non-hydrogen) atoms. The van der Waals surface area contributed by atoms with Crippen LogP contribution < -0.4 is 9.64 Å². The first kappa shape index (κ1) is 22.0. The van der Waals surface area contributed by atoms with Crippen LogP contribution in [0.5, 0.6) is 5.75 Å². The third-order valence-corrected chi connectivity index (χ3v) is 6.75. The number of benzene rings is 1. The standard InChI is InChI=1S/C21H17ClFN5O3S/c1-11-9-25-10-18(26-11)28-20(29)19-15(27(21(28)30)5-3-4-24)8-17(32-19)12-6-16(31-2)14(23)7-13(12)22/h6-10,15,19H,3,5H2,1-2H3. The van der Waals surface area contributed by atoms with Crippen LogP contribution in [0.4, 0.5) is 15.0 Å². The number of anilines is 1. The van der Waals surface area contributed by atoms with E-state index in [1.54, 1.807) is 13.0 Å². The van der Waals surface area contributed by atoms with Crippen molar-refractivity contribution in [3.63, 3.8) is 0 Å². The number of aryl methyl sites for hydroxylation is 1. The minimum Gasteiger partial charge on any atom is -0.494 e. The van der Waals surface area contributed by atoms with Crippen molar-refractivity contribution in [2.45, 2.75) is 24.6 Å². The Kier molecular flexibility index (Phi) is 6.04. The van der Waals surface area contributed by atoms with E-state index in [-0.39, 0.29) is 29.6 Å². The van der Waals surface area contributed by atoms with Crippen LogP contribution in [0.3, 0.4) is 0 Å². The Labute approximate surface area is 192 Å². The smallest absolute Gasteiger partial charge is 0.333 e. The SMILES string of the molecule is COc1cc(C2=CC3C(S2)C(=O)N(c2cncc(C)n2)C(=O)N3CCC#N)c(Cl)cc1F. The van der Waals surface area contributed by atoms with Crippen molar-refractivity contribution in [3.05, 3.63) is 52.7 Å². The molecule has 2 aromatic rings. The fourth-order valence-corrected chi connectivity index (χ4v) is 5.29. The maximum atomic E-state index is 14.0. The summed E-state index contributed by atoms with van der Waals surface area (Å²) in [5, 5.41) is 8.54. The molecule has 0 spiro atoms. The molecule has 1 aromatic carbocycles. The van der Waals surface area contributed by atoms with Gasteiger partial charge in [0, 0.05) is 23.2 Å². The van der Waals surface area contributed by atoms with Crippen LogP contribution >= 0.6 is 23.4 Å². The highest BCUT2D eigenvalue weighted by Crippen LogP contribution is 2.47. The Balaban J connectivity index is 1.75. The minimum atomic E-state index is -0.684. The van der Waals surface area contributed by atoms with Gasteiger partial charge in [0.05, 0.1) is 42.6 Å². The molecule has 0 bridgehead atoms. The van der Waals surface area contributed by atoms with Crippen molar-refractivity contribution in [1.29, 1.82) is 5.26 Å². The van der Waals surface area contributed by atoms with E-state index in [0.29, 0.717) is 16.2 Å². The van der Waals surface area contributed by atoms with Gasteiger partial charge in [0.1, 0.15) is 5.25 Å². The molecule has 3 amide bonds. The summed E-state index contributed by atoms with van der Waals surface area (Å²) in [6, 6.07) is 3.47. The van der Waals surface area contributed by atoms with Crippen LogP contribution in [0.1, 0.15) is 17.7 Å². The fourth-order valence-electron chi connectivity index (χ4n) is 3.63. The predicted molar refractivity (Wildman–Crippen MR) is 118 cm³/mol. The first-order valence-corrected chi connectivity index (χ1v) is 10.8. The molecule has 164 valence electrons. The molecule has 2 aliphatic heterocycles. The molecule has 0 radical (unpaired) electrons. The van der Waals surface area contributed by atoms with Gasteiger partial charge < -0.3 is 9.64 Å². The van der Waals surface area contributed by atoms with Crippen LogP contribution in [0.15, 0.2) is 30.6 Å². The van der Waals surface area contributed by atoms with Gasteiger partial charge in [0.25, 0.3) is 5.91 Å². The average Bonchev–Trinajstić information content (AvgIpc) is 3.19. The lowest BCUT2D eigenvalue weighted by Gasteiger charge is -2.40. The molecule has 0 saturated carbocycles. The Morgan fingerprint density at radius 3 is 2.81 bits per heavy atom. The Morgan fingerprint density at radius 1 is 1.34 bits per heavy atom. The monoisotopic (exact) mass is 473 g/mol. The first-order valence-electron chi connectivity index (χ1n) is 9.57. The largest absolute Gasteiger partial charge is 0.494 e. The van der Waals surface area contributed by atoms with Gasteiger partial charge in [-0.15, -0.1) is 11.8 Å². The van der Waals surface area contributed by atoms with Gasteiger partial charge in [-0.05, 0) is 25.1 Å². The molecule has 0 N–H and O–H groups in total. The number of nitriles is 1. The lowest BCUT2D eigenvalue weighted by molar-refractivity contribution is -0.119. The number of halogens is 2. The Bertz CT molecular complexity index is 1180. The maximum absolute atomic E-state index is 14.0. The zero-order valence-electron chi connectivity index (χ0n) is 17.1. The van der Waals surface area contributed by atoms with Crippen molar-refractivity contribution >= 4 is 46.0 Å². The van der Waals surface area contributed by atoms with Crippen LogP contribution in [-0.4, -0.2) is 51.8 Å². The van der Waals surface area contributed by atoms with E-state index in [1.807, 2.05) is 6.07 Å². The summed E-state index contributed by atoms with van der Waals surface area (Å²) in [6.07, 6.45) is 4.71. The molecular weight excluding hydrogens is 457 g/mol. The lowest BCUT2D eigenvalue weighted by atomic mass is 10.1.